The van der Waals surface area contributed by atoms with Gasteiger partial charge in [0, 0.05) is 31.2 Å². The van der Waals surface area contributed by atoms with Crippen LogP contribution in [-0.4, -0.2) is 25.0 Å². The second-order valence-electron chi connectivity index (χ2n) is 6.87. The summed E-state index contributed by atoms with van der Waals surface area (Å²) in [4.78, 5) is 18.7. The van der Waals surface area contributed by atoms with E-state index in [1.165, 1.54) is 24.3 Å². The van der Waals surface area contributed by atoms with Crippen LogP contribution in [0.15, 0.2) is 54.6 Å². The zero-order chi connectivity index (χ0) is 21.2. The first-order valence-electron chi connectivity index (χ1n) is 8.88. The summed E-state index contributed by atoms with van der Waals surface area (Å²) in [5, 5.41) is 3.69. The molecule has 7 heteroatoms. The molecular formula is C22H20F3N3O. The molecule has 0 aliphatic heterocycles. The molecular weight excluding hydrogens is 379 g/mol. The van der Waals surface area contributed by atoms with E-state index in [-0.39, 0.29) is 5.91 Å². The fraction of sp³-hybridized carbons (Fsp3) is 0.182. The lowest BCUT2D eigenvalue weighted by molar-refractivity contribution is -0.137. The van der Waals surface area contributed by atoms with E-state index in [9.17, 15) is 18.0 Å². The van der Waals surface area contributed by atoms with Crippen molar-refractivity contribution in [3.8, 4) is 0 Å². The highest BCUT2D eigenvalue weighted by Gasteiger charge is 2.29. The molecule has 2 aromatic carbocycles. The lowest BCUT2D eigenvalue weighted by Gasteiger charge is -2.14. The Morgan fingerprint density at radius 3 is 2.38 bits per heavy atom. The summed E-state index contributed by atoms with van der Waals surface area (Å²) < 4.78 is 37.8. The van der Waals surface area contributed by atoms with Gasteiger partial charge in [-0.3, -0.25) is 4.79 Å². The topological polar surface area (TPSA) is 45.2 Å². The van der Waals surface area contributed by atoms with Gasteiger partial charge in [0.25, 0.3) is 0 Å². The summed E-state index contributed by atoms with van der Waals surface area (Å²) in [6.45, 7) is 1.98. The number of hydrogen-bond donors (Lipinski definition) is 1. The molecule has 0 aliphatic carbocycles. The van der Waals surface area contributed by atoms with Gasteiger partial charge in [0.1, 0.15) is 5.82 Å². The van der Waals surface area contributed by atoms with Gasteiger partial charge in [-0.15, -0.1) is 0 Å². The molecule has 0 radical (unpaired) electrons. The highest BCUT2D eigenvalue weighted by atomic mass is 19.4. The molecule has 150 valence electrons. The number of pyridine rings is 1. The number of alkyl halides is 3. The molecule has 3 aromatic rings. The van der Waals surface area contributed by atoms with Crippen molar-refractivity contribution in [2.45, 2.75) is 13.1 Å². The average Bonchev–Trinajstić information content (AvgIpc) is 2.66. The third-order valence-electron chi connectivity index (χ3n) is 4.39. The van der Waals surface area contributed by atoms with Gasteiger partial charge in [0.05, 0.1) is 11.1 Å². The number of nitrogens with one attached hydrogen (secondary N) is 1. The first-order chi connectivity index (χ1) is 13.6. The van der Waals surface area contributed by atoms with Crippen LogP contribution in [-0.2, 0) is 11.0 Å². The van der Waals surface area contributed by atoms with Gasteiger partial charge >= 0.3 is 6.18 Å². The highest BCUT2D eigenvalue weighted by molar-refractivity contribution is 6.03. The van der Waals surface area contributed by atoms with Crippen molar-refractivity contribution in [1.82, 2.24) is 4.98 Å². The van der Waals surface area contributed by atoms with Crippen LogP contribution in [0.1, 0.15) is 16.7 Å². The molecule has 1 heterocycles. The maximum absolute atomic E-state index is 12.6. The second kappa shape index (κ2) is 7.95. The van der Waals surface area contributed by atoms with Crippen LogP contribution >= 0.6 is 0 Å². The Morgan fingerprint density at radius 1 is 1.07 bits per heavy atom. The van der Waals surface area contributed by atoms with Gasteiger partial charge in [0.2, 0.25) is 5.91 Å². The molecule has 4 nitrogen and oxygen atoms in total. The lowest BCUT2D eigenvalue weighted by Crippen LogP contribution is -2.11. The molecule has 0 spiro atoms. The van der Waals surface area contributed by atoms with E-state index in [2.05, 4.69) is 10.3 Å². The number of carbonyl (C=O) groups excluding carboxylic acids is 1. The standard InChI is InChI=1S/C22H20F3N3O/c1-14-12-20(28(2)3)27-19-10-9-17(13-18(14)19)26-21(29)11-6-15-4-7-16(8-5-15)22(23,24)25/h4-13H,1-3H3,(H,26,29)/b11-6+. The molecule has 1 N–H and O–H groups in total. The van der Waals surface area contributed by atoms with Crippen molar-refractivity contribution in [2.24, 2.45) is 0 Å². The van der Waals surface area contributed by atoms with Crippen LogP contribution in [0.4, 0.5) is 24.7 Å². The second-order valence-corrected chi connectivity index (χ2v) is 6.87. The van der Waals surface area contributed by atoms with E-state index in [0.717, 1.165) is 34.4 Å². The number of carbonyl (C=O) groups is 1. The van der Waals surface area contributed by atoms with Crippen molar-refractivity contribution in [3.63, 3.8) is 0 Å². The highest BCUT2D eigenvalue weighted by Crippen LogP contribution is 2.29. The SMILES string of the molecule is Cc1cc(N(C)C)nc2ccc(NC(=O)/C=C/c3ccc(C(F)(F)F)cc3)cc12. The van der Waals surface area contributed by atoms with Crippen LogP contribution < -0.4 is 10.2 Å². The van der Waals surface area contributed by atoms with Gasteiger partial charge in [-0.05, 0) is 60.5 Å². The van der Waals surface area contributed by atoms with Crippen LogP contribution in [0.5, 0.6) is 0 Å². The molecule has 0 bridgehead atoms. The summed E-state index contributed by atoms with van der Waals surface area (Å²) in [5.41, 5.74) is 2.25. The normalized spacial score (nSPS) is 11.8. The fourth-order valence-corrected chi connectivity index (χ4v) is 2.82. The number of hydrogen-bond acceptors (Lipinski definition) is 3. The molecule has 0 saturated carbocycles. The van der Waals surface area contributed by atoms with Crippen LogP contribution in [0.2, 0.25) is 0 Å². The fourth-order valence-electron chi connectivity index (χ4n) is 2.82. The van der Waals surface area contributed by atoms with Gasteiger partial charge in [-0.1, -0.05) is 12.1 Å². The minimum atomic E-state index is -4.38. The van der Waals surface area contributed by atoms with E-state index in [4.69, 9.17) is 0 Å². The zero-order valence-corrected chi connectivity index (χ0v) is 16.2. The summed E-state index contributed by atoms with van der Waals surface area (Å²) >= 11 is 0. The molecule has 0 aliphatic rings. The molecule has 0 unspecified atom stereocenters. The number of fused-ring (bicyclic) bond motifs is 1. The van der Waals surface area contributed by atoms with Crippen LogP contribution in [0, 0.1) is 6.92 Å². The van der Waals surface area contributed by atoms with E-state index in [0.29, 0.717) is 11.3 Å². The predicted octanol–water partition coefficient (Wildman–Crippen LogP) is 5.28. The number of nitrogens with zero attached hydrogens (tertiary/aromatic N) is 2. The molecule has 0 fully saturated rings. The van der Waals surface area contributed by atoms with Crippen molar-refractivity contribution >= 4 is 34.4 Å². The van der Waals surface area contributed by atoms with Gasteiger partial charge in [-0.25, -0.2) is 4.98 Å². The first-order valence-corrected chi connectivity index (χ1v) is 8.88. The number of amides is 1. The number of rotatable bonds is 4. The monoisotopic (exact) mass is 399 g/mol. The Bertz CT molecular complexity index is 1070. The average molecular weight is 399 g/mol. The molecule has 1 amide bonds. The van der Waals surface area contributed by atoms with Gasteiger partial charge < -0.3 is 10.2 Å². The van der Waals surface area contributed by atoms with E-state index in [1.54, 1.807) is 6.07 Å². The van der Waals surface area contributed by atoms with Gasteiger partial charge in [0.15, 0.2) is 0 Å². The van der Waals surface area contributed by atoms with E-state index in [1.807, 2.05) is 44.1 Å². The van der Waals surface area contributed by atoms with Gasteiger partial charge in [-0.2, -0.15) is 13.2 Å². The Balaban J connectivity index is 1.73. The van der Waals surface area contributed by atoms with Crippen molar-refractivity contribution < 1.29 is 18.0 Å². The number of anilines is 2. The van der Waals surface area contributed by atoms with Crippen LogP contribution in [0.3, 0.4) is 0 Å². The molecule has 3 rings (SSSR count). The first kappa shape index (κ1) is 20.4. The Hall–Kier alpha value is -3.35. The molecule has 0 atom stereocenters. The summed E-state index contributed by atoms with van der Waals surface area (Å²) in [7, 11) is 3.84. The Labute approximate surface area is 166 Å². The smallest absolute Gasteiger partial charge is 0.363 e. The largest absolute Gasteiger partial charge is 0.416 e. The summed E-state index contributed by atoms with van der Waals surface area (Å²) in [5.74, 6) is 0.478. The van der Waals surface area contributed by atoms with E-state index >= 15 is 0 Å². The summed E-state index contributed by atoms with van der Waals surface area (Å²) in [6.07, 6.45) is -1.63. The quantitative estimate of drug-likeness (QED) is 0.607. The maximum Gasteiger partial charge on any atom is 0.416 e. The zero-order valence-electron chi connectivity index (χ0n) is 16.2. The third-order valence-corrected chi connectivity index (χ3v) is 4.39. The maximum atomic E-state index is 12.6. The number of aryl methyl sites for hydroxylation is 1. The number of aromatic nitrogens is 1. The number of halogens is 3. The summed E-state index contributed by atoms with van der Waals surface area (Å²) in [6, 6.07) is 12.0. The van der Waals surface area contributed by atoms with Crippen molar-refractivity contribution in [1.29, 1.82) is 0 Å². The molecule has 0 saturated heterocycles. The van der Waals surface area contributed by atoms with E-state index < -0.39 is 11.7 Å². The minimum absolute atomic E-state index is 0.375. The third kappa shape index (κ3) is 4.93. The molecule has 1 aromatic heterocycles. The number of benzene rings is 2. The minimum Gasteiger partial charge on any atom is -0.363 e. The lowest BCUT2D eigenvalue weighted by atomic mass is 10.1. The van der Waals surface area contributed by atoms with Crippen molar-refractivity contribution in [2.75, 3.05) is 24.3 Å². The van der Waals surface area contributed by atoms with Crippen LogP contribution in [0.25, 0.3) is 17.0 Å². The Morgan fingerprint density at radius 2 is 1.76 bits per heavy atom. The Kier molecular flexibility index (Phi) is 5.59. The predicted molar refractivity (Wildman–Crippen MR) is 110 cm³/mol. The molecule has 29 heavy (non-hydrogen) atoms. The van der Waals surface area contributed by atoms with Crippen molar-refractivity contribution in [3.05, 3.63) is 71.3 Å².